The Morgan fingerprint density at radius 3 is 2.57 bits per heavy atom. The molecule has 0 aliphatic rings. The SMILES string of the molecule is CCc1nc(-c2cc(NCCc3c(F)cc(Br)cc3F)ncn2)sc1C(=O)O. The van der Waals surface area contributed by atoms with Gasteiger partial charge in [-0.25, -0.2) is 28.5 Å². The second-order valence-electron chi connectivity index (χ2n) is 5.77. The lowest BCUT2D eigenvalue weighted by Crippen LogP contribution is -2.09. The van der Waals surface area contributed by atoms with Crippen molar-refractivity contribution < 1.29 is 18.7 Å². The van der Waals surface area contributed by atoms with Crippen molar-refractivity contribution in [2.24, 2.45) is 0 Å². The maximum Gasteiger partial charge on any atom is 0.347 e. The molecule has 0 spiro atoms. The third-order valence-corrected chi connectivity index (χ3v) is 5.47. The average Bonchev–Trinajstić information content (AvgIpc) is 3.09. The van der Waals surface area contributed by atoms with Crippen molar-refractivity contribution in [1.29, 1.82) is 0 Å². The lowest BCUT2D eigenvalue weighted by molar-refractivity contribution is 0.0701. The van der Waals surface area contributed by atoms with E-state index in [-0.39, 0.29) is 23.4 Å². The van der Waals surface area contributed by atoms with Crippen LogP contribution in [0.1, 0.15) is 27.9 Å². The van der Waals surface area contributed by atoms with E-state index in [1.54, 1.807) is 6.07 Å². The van der Waals surface area contributed by atoms with Crippen LogP contribution in [-0.2, 0) is 12.8 Å². The molecule has 3 aromatic rings. The Labute approximate surface area is 171 Å². The minimum atomic E-state index is -1.02. The Hall–Kier alpha value is -2.46. The van der Waals surface area contributed by atoms with Crippen LogP contribution in [0.5, 0.6) is 0 Å². The van der Waals surface area contributed by atoms with E-state index in [1.807, 2.05) is 6.92 Å². The molecule has 2 N–H and O–H groups in total. The standard InChI is InChI=1S/C18H15BrF2N4O2S/c1-2-13-16(18(26)27)28-17(25-13)14-7-15(24-8-23-14)22-4-3-10-11(20)5-9(19)6-12(10)21/h5-8H,2-4H2,1H3,(H,26,27)(H,22,23,24). The first kappa shape index (κ1) is 20.3. The highest BCUT2D eigenvalue weighted by atomic mass is 79.9. The van der Waals surface area contributed by atoms with Gasteiger partial charge in [0.15, 0.2) is 0 Å². The lowest BCUT2D eigenvalue weighted by Gasteiger charge is -2.08. The molecule has 2 aromatic heterocycles. The molecule has 0 atom stereocenters. The van der Waals surface area contributed by atoms with Gasteiger partial charge in [-0.2, -0.15) is 0 Å². The number of aromatic nitrogens is 3. The third kappa shape index (κ3) is 4.50. The predicted octanol–water partition coefficient (Wildman–Crippen LogP) is 4.56. The normalized spacial score (nSPS) is 10.9. The smallest absolute Gasteiger partial charge is 0.347 e. The molecular formula is C18H15BrF2N4O2S. The highest BCUT2D eigenvalue weighted by molar-refractivity contribution is 9.10. The fourth-order valence-electron chi connectivity index (χ4n) is 2.57. The van der Waals surface area contributed by atoms with Crippen molar-refractivity contribution in [3.8, 4) is 10.7 Å². The molecule has 3 rings (SSSR count). The molecule has 0 saturated heterocycles. The summed E-state index contributed by atoms with van der Waals surface area (Å²) in [5.41, 5.74) is 0.969. The van der Waals surface area contributed by atoms with E-state index in [4.69, 9.17) is 0 Å². The molecule has 0 fully saturated rings. The van der Waals surface area contributed by atoms with Crippen LogP contribution in [-0.4, -0.2) is 32.6 Å². The molecule has 0 bridgehead atoms. The van der Waals surface area contributed by atoms with Gasteiger partial charge in [0.05, 0.1) is 5.69 Å². The first-order chi connectivity index (χ1) is 13.4. The number of aromatic carboxylic acids is 1. The zero-order valence-electron chi connectivity index (χ0n) is 14.7. The fraction of sp³-hybridized carbons (Fsp3) is 0.222. The monoisotopic (exact) mass is 468 g/mol. The maximum absolute atomic E-state index is 13.9. The van der Waals surface area contributed by atoms with Crippen molar-refractivity contribution in [3.05, 3.63) is 56.8 Å². The summed E-state index contributed by atoms with van der Waals surface area (Å²) in [6, 6.07) is 4.06. The Morgan fingerprint density at radius 2 is 1.96 bits per heavy atom. The molecule has 0 saturated carbocycles. The van der Waals surface area contributed by atoms with Crippen LogP contribution in [0.4, 0.5) is 14.6 Å². The number of hydrogen-bond donors (Lipinski definition) is 2. The van der Waals surface area contributed by atoms with Crippen LogP contribution < -0.4 is 5.32 Å². The summed E-state index contributed by atoms with van der Waals surface area (Å²) in [5.74, 6) is -1.80. The molecule has 0 aliphatic heterocycles. The highest BCUT2D eigenvalue weighted by Crippen LogP contribution is 2.28. The number of carboxylic acids is 1. The minimum Gasteiger partial charge on any atom is -0.477 e. The van der Waals surface area contributed by atoms with Gasteiger partial charge in [0.1, 0.15) is 39.4 Å². The predicted molar refractivity (Wildman–Crippen MR) is 106 cm³/mol. The molecule has 28 heavy (non-hydrogen) atoms. The van der Waals surface area contributed by atoms with Gasteiger partial charge < -0.3 is 10.4 Å². The fourth-order valence-corrected chi connectivity index (χ4v) is 3.93. The van der Waals surface area contributed by atoms with Crippen molar-refractivity contribution in [1.82, 2.24) is 15.0 Å². The molecule has 146 valence electrons. The molecule has 1 aromatic carbocycles. The zero-order valence-corrected chi connectivity index (χ0v) is 17.1. The second-order valence-corrected chi connectivity index (χ2v) is 7.68. The Bertz CT molecular complexity index is 1010. The van der Waals surface area contributed by atoms with Gasteiger partial charge >= 0.3 is 5.97 Å². The van der Waals surface area contributed by atoms with Gasteiger partial charge in [-0.15, -0.1) is 11.3 Å². The number of carbonyl (C=O) groups is 1. The number of benzene rings is 1. The number of halogens is 3. The van der Waals surface area contributed by atoms with E-state index in [0.717, 1.165) is 11.3 Å². The number of hydrogen-bond acceptors (Lipinski definition) is 6. The summed E-state index contributed by atoms with van der Waals surface area (Å²) in [6.07, 6.45) is 1.95. The Kier molecular flexibility index (Phi) is 6.30. The number of thiazole rings is 1. The Morgan fingerprint density at radius 1 is 1.25 bits per heavy atom. The third-order valence-electron chi connectivity index (χ3n) is 3.90. The van der Waals surface area contributed by atoms with E-state index in [9.17, 15) is 18.7 Å². The van der Waals surface area contributed by atoms with Gasteiger partial charge in [-0.3, -0.25) is 0 Å². The van der Waals surface area contributed by atoms with Gasteiger partial charge in [-0.1, -0.05) is 22.9 Å². The number of nitrogens with one attached hydrogen (secondary N) is 1. The molecule has 0 amide bonds. The van der Waals surface area contributed by atoms with E-state index in [0.29, 0.717) is 33.1 Å². The summed E-state index contributed by atoms with van der Waals surface area (Å²) in [6.45, 7) is 2.09. The summed E-state index contributed by atoms with van der Waals surface area (Å²) < 4.78 is 28.1. The number of anilines is 1. The van der Waals surface area contributed by atoms with Gasteiger partial charge in [0.25, 0.3) is 0 Å². The summed E-state index contributed by atoms with van der Waals surface area (Å²) in [5, 5.41) is 12.7. The average molecular weight is 469 g/mol. The van der Waals surface area contributed by atoms with Crippen molar-refractivity contribution in [3.63, 3.8) is 0 Å². The summed E-state index contributed by atoms with van der Waals surface area (Å²) >= 11 is 4.10. The quantitative estimate of drug-likeness (QED) is 0.528. The number of carboxylic acid groups (broad SMARTS) is 1. The molecule has 0 aliphatic carbocycles. The Balaban J connectivity index is 1.73. The summed E-state index contributed by atoms with van der Waals surface area (Å²) in [7, 11) is 0. The number of rotatable bonds is 7. The van der Waals surface area contributed by atoms with E-state index < -0.39 is 17.6 Å². The largest absolute Gasteiger partial charge is 0.477 e. The van der Waals surface area contributed by atoms with Gasteiger partial charge in [0.2, 0.25) is 0 Å². The van der Waals surface area contributed by atoms with Crippen molar-refractivity contribution in [2.45, 2.75) is 19.8 Å². The first-order valence-electron chi connectivity index (χ1n) is 8.31. The molecule has 10 heteroatoms. The van der Waals surface area contributed by atoms with Crippen LogP contribution in [0.25, 0.3) is 10.7 Å². The highest BCUT2D eigenvalue weighted by Gasteiger charge is 2.18. The van der Waals surface area contributed by atoms with Crippen LogP contribution in [0.15, 0.2) is 29.0 Å². The van der Waals surface area contributed by atoms with Gasteiger partial charge in [-0.05, 0) is 25.0 Å². The molecule has 2 heterocycles. The second kappa shape index (κ2) is 8.70. The topological polar surface area (TPSA) is 88.0 Å². The summed E-state index contributed by atoms with van der Waals surface area (Å²) in [4.78, 5) is 24.1. The minimum absolute atomic E-state index is 0.0106. The zero-order chi connectivity index (χ0) is 20.3. The van der Waals surface area contributed by atoms with Crippen LogP contribution in [0.3, 0.4) is 0 Å². The number of nitrogens with zero attached hydrogens (tertiary/aromatic N) is 3. The molecule has 0 radical (unpaired) electrons. The molecule has 6 nitrogen and oxygen atoms in total. The van der Waals surface area contributed by atoms with Crippen LogP contribution in [0.2, 0.25) is 0 Å². The molecule has 0 unspecified atom stereocenters. The van der Waals surface area contributed by atoms with Gasteiger partial charge in [0, 0.05) is 22.6 Å². The van der Waals surface area contributed by atoms with E-state index >= 15 is 0 Å². The number of aryl methyl sites for hydroxylation is 1. The van der Waals surface area contributed by atoms with Crippen molar-refractivity contribution >= 4 is 39.1 Å². The first-order valence-corrected chi connectivity index (χ1v) is 9.92. The molecular weight excluding hydrogens is 454 g/mol. The lowest BCUT2D eigenvalue weighted by atomic mass is 10.1. The van der Waals surface area contributed by atoms with Crippen molar-refractivity contribution in [2.75, 3.05) is 11.9 Å². The van der Waals surface area contributed by atoms with Crippen LogP contribution >= 0.6 is 27.3 Å². The van der Waals surface area contributed by atoms with Crippen LogP contribution in [0, 0.1) is 11.6 Å². The maximum atomic E-state index is 13.9. The van der Waals surface area contributed by atoms with E-state index in [2.05, 4.69) is 36.2 Å². The van der Waals surface area contributed by atoms with E-state index in [1.165, 1.54) is 18.5 Å².